The van der Waals surface area contributed by atoms with Crippen LogP contribution in [0.4, 0.5) is 5.69 Å². The molecule has 0 aliphatic rings. The fraction of sp³-hybridized carbons (Fsp3) is 0.100. The zero-order valence-electron chi connectivity index (χ0n) is 9.45. The standard InChI is InChI=1S/C10H11N3O4S/c1-8(11)12-18(16,17)7-6-9-4-2-3-5-10(9)13(14)15/h2-7H,1H3,(H2,11,12). The molecule has 0 aliphatic carbocycles. The Morgan fingerprint density at radius 2 is 2.06 bits per heavy atom. The average Bonchev–Trinajstić information content (AvgIpc) is 2.25. The third kappa shape index (κ3) is 3.98. The topological polar surface area (TPSA) is 113 Å². The van der Waals surface area contributed by atoms with Crippen LogP contribution in [-0.4, -0.2) is 19.2 Å². The summed E-state index contributed by atoms with van der Waals surface area (Å²) in [6, 6.07) is 5.77. The van der Waals surface area contributed by atoms with E-state index in [1.807, 2.05) is 4.72 Å². The van der Waals surface area contributed by atoms with Gasteiger partial charge in [0.2, 0.25) is 0 Å². The summed E-state index contributed by atoms with van der Waals surface area (Å²) in [5.74, 6) is -0.234. The van der Waals surface area contributed by atoms with Gasteiger partial charge in [0.1, 0.15) is 5.84 Å². The van der Waals surface area contributed by atoms with E-state index in [0.717, 1.165) is 11.5 Å². The predicted octanol–water partition coefficient (Wildman–Crippen LogP) is 1.48. The van der Waals surface area contributed by atoms with E-state index in [0.29, 0.717) is 0 Å². The van der Waals surface area contributed by atoms with Crippen LogP contribution in [0.25, 0.3) is 6.08 Å². The average molecular weight is 269 g/mol. The minimum Gasteiger partial charge on any atom is -0.288 e. The number of nitrogens with one attached hydrogen (secondary N) is 2. The van der Waals surface area contributed by atoms with Gasteiger partial charge in [0.05, 0.1) is 15.9 Å². The summed E-state index contributed by atoms with van der Waals surface area (Å²) in [5.41, 5.74) is -0.00830. The Morgan fingerprint density at radius 3 is 2.61 bits per heavy atom. The molecule has 0 saturated heterocycles. The van der Waals surface area contributed by atoms with Crippen LogP contribution in [-0.2, 0) is 10.0 Å². The fourth-order valence-corrected chi connectivity index (χ4v) is 2.03. The number of benzene rings is 1. The molecule has 0 fully saturated rings. The summed E-state index contributed by atoms with van der Waals surface area (Å²) in [7, 11) is -3.80. The van der Waals surface area contributed by atoms with Crippen molar-refractivity contribution in [2.75, 3.05) is 0 Å². The lowest BCUT2D eigenvalue weighted by atomic mass is 10.2. The monoisotopic (exact) mass is 269 g/mol. The summed E-state index contributed by atoms with van der Waals surface area (Å²) < 4.78 is 24.7. The maximum absolute atomic E-state index is 11.4. The molecule has 96 valence electrons. The lowest BCUT2D eigenvalue weighted by Gasteiger charge is -2.00. The van der Waals surface area contributed by atoms with E-state index in [4.69, 9.17) is 5.41 Å². The molecule has 18 heavy (non-hydrogen) atoms. The number of amidine groups is 1. The first kappa shape index (κ1) is 13.8. The second-order valence-electron chi connectivity index (χ2n) is 3.39. The molecular weight excluding hydrogens is 258 g/mol. The third-order valence-corrected chi connectivity index (χ3v) is 2.94. The summed E-state index contributed by atoms with van der Waals surface area (Å²) >= 11 is 0. The first-order valence-corrected chi connectivity index (χ1v) is 6.36. The smallest absolute Gasteiger partial charge is 0.276 e. The molecule has 0 radical (unpaired) electrons. The summed E-state index contributed by atoms with van der Waals surface area (Å²) in [6.07, 6.45) is 1.11. The SMILES string of the molecule is CC(=N)NS(=O)(=O)C=Cc1ccccc1[N+](=O)[O-]. The van der Waals surface area contributed by atoms with E-state index in [1.54, 1.807) is 6.07 Å². The molecule has 7 nitrogen and oxygen atoms in total. The molecule has 0 bridgehead atoms. The van der Waals surface area contributed by atoms with Crippen molar-refractivity contribution in [3.63, 3.8) is 0 Å². The highest BCUT2D eigenvalue weighted by Gasteiger charge is 2.11. The zero-order valence-corrected chi connectivity index (χ0v) is 10.3. The molecule has 2 N–H and O–H groups in total. The molecule has 0 spiro atoms. The van der Waals surface area contributed by atoms with Gasteiger partial charge in [-0.15, -0.1) is 0 Å². The van der Waals surface area contributed by atoms with E-state index < -0.39 is 14.9 Å². The van der Waals surface area contributed by atoms with Gasteiger partial charge in [-0.25, -0.2) is 8.42 Å². The van der Waals surface area contributed by atoms with Gasteiger partial charge >= 0.3 is 0 Å². The molecule has 0 atom stereocenters. The molecule has 0 aromatic heterocycles. The van der Waals surface area contributed by atoms with Crippen LogP contribution in [0.2, 0.25) is 0 Å². The van der Waals surface area contributed by atoms with Crippen LogP contribution >= 0.6 is 0 Å². The van der Waals surface area contributed by atoms with Crippen molar-refractivity contribution in [3.05, 3.63) is 45.4 Å². The molecule has 0 aliphatic heterocycles. The van der Waals surface area contributed by atoms with Crippen LogP contribution in [0, 0.1) is 15.5 Å². The number of nitro benzene ring substituents is 1. The van der Waals surface area contributed by atoms with Crippen LogP contribution in [0.3, 0.4) is 0 Å². The minimum atomic E-state index is -3.80. The Morgan fingerprint density at radius 1 is 1.44 bits per heavy atom. The van der Waals surface area contributed by atoms with Crippen LogP contribution in [0.1, 0.15) is 12.5 Å². The normalized spacial score (nSPS) is 11.4. The number of hydrogen-bond acceptors (Lipinski definition) is 5. The summed E-state index contributed by atoms with van der Waals surface area (Å²) in [5, 5.41) is 18.5. The lowest BCUT2D eigenvalue weighted by Crippen LogP contribution is -2.25. The summed E-state index contributed by atoms with van der Waals surface area (Å²) in [6.45, 7) is 1.27. The fourth-order valence-electron chi connectivity index (χ4n) is 1.21. The van der Waals surface area contributed by atoms with Gasteiger partial charge in [-0.2, -0.15) is 0 Å². The van der Waals surface area contributed by atoms with Gasteiger partial charge in [0.25, 0.3) is 15.7 Å². The molecular formula is C10H11N3O4S. The van der Waals surface area contributed by atoms with Gasteiger partial charge in [-0.1, -0.05) is 12.1 Å². The van der Waals surface area contributed by atoms with Gasteiger partial charge < -0.3 is 0 Å². The maximum atomic E-state index is 11.4. The predicted molar refractivity (Wildman–Crippen MR) is 67.6 cm³/mol. The van der Waals surface area contributed by atoms with Crippen LogP contribution in [0.15, 0.2) is 29.7 Å². The largest absolute Gasteiger partial charge is 0.288 e. The number of para-hydroxylation sites is 1. The summed E-state index contributed by atoms with van der Waals surface area (Å²) in [4.78, 5) is 10.1. The maximum Gasteiger partial charge on any atom is 0.276 e. The molecule has 1 rings (SSSR count). The number of nitrogens with zero attached hydrogens (tertiary/aromatic N) is 1. The molecule has 0 saturated carbocycles. The van der Waals surface area contributed by atoms with Crippen molar-refractivity contribution < 1.29 is 13.3 Å². The number of nitro groups is 1. The van der Waals surface area contributed by atoms with E-state index >= 15 is 0 Å². The van der Waals surface area contributed by atoms with E-state index in [2.05, 4.69) is 0 Å². The molecule has 0 unspecified atom stereocenters. The van der Waals surface area contributed by atoms with Gasteiger partial charge in [-0.05, 0) is 19.1 Å². The number of sulfonamides is 1. The number of hydrogen-bond donors (Lipinski definition) is 2. The van der Waals surface area contributed by atoms with Crippen molar-refractivity contribution in [1.82, 2.24) is 4.72 Å². The number of rotatable bonds is 4. The molecule has 0 heterocycles. The van der Waals surface area contributed by atoms with E-state index in [-0.39, 0.29) is 17.1 Å². The molecule has 1 aromatic carbocycles. The highest BCUT2D eigenvalue weighted by molar-refractivity contribution is 7.93. The van der Waals surface area contributed by atoms with Crippen molar-refractivity contribution in [3.8, 4) is 0 Å². The quantitative estimate of drug-likeness (QED) is 0.373. The third-order valence-electron chi connectivity index (χ3n) is 1.86. The van der Waals surface area contributed by atoms with Gasteiger partial charge in [0.15, 0.2) is 0 Å². The van der Waals surface area contributed by atoms with Crippen LogP contribution < -0.4 is 4.72 Å². The first-order valence-electron chi connectivity index (χ1n) is 4.81. The molecule has 1 aromatic rings. The Kier molecular flexibility index (Phi) is 4.16. The Balaban J connectivity index is 3.05. The minimum absolute atomic E-state index is 0.176. The second kappa shape index (κ2) is 5.41. The zero-order chi connectivity index (χ0) is 13.8. The van der Waals surface area contributed by atoms with E-state index in [9.17, 15) is 18.5 Å². The van der Waals surface area contributed by atoms with Crippen molar-refractivity contribution in [2.45, 2.75) is 6.92 Å². The first-order chi connectivity index (χ1) is 8.32. The molecule has 0 amide bonds. The van der Waals surface area contributed by atoms with E-state index in [1.165, 1.54) is 25.1 Å². The van der Waals surface area contributed by atoms with Crippen molar-refractivity contribution >= 4 is 27.6 Å². The Hall–Kier alpha value is -2.22. The van der Waals surface area contributed by atoms with Gasteiger partial charge in [0, 0.05) is 6.07 Å². The Bertz CT molecular complexity index is 607. The van der Waals surface area contributed by atoms with Crippen molar-refractivity contribution in [1.29, 1.82) is 5.41 Å². The lowest BCUT2D eigenvalue weighted by molar-refractivity contribution is -0.385. The van der Waals surface area contributed by atoms with Crippen LogP contribution in [0.5, 0.6) is 0 Å². The highest BCUT2D eigenvalue weighted by atomic mass is 32.2. The highest BCUT2D eigenvalue weighted by Crippen LogP contribution is 2.19. The second-order valence-corrected chi connectivity index (χ2v) is 4.96. The van der Waals surface area contributed by atoms with Gasteiger partial charge in [-0.3, -0.25) is 20.2 Å². The Labute approximate surface area is 104 Å². The van der Waals surface area contributed by atoms with Crippen molar-refractivity contribution in [2.24, 2.45) is 0 Å². The molecule has 8 heteroatoms.